The summed E-state index contributed by atoms with van der Waals surface area (Å²) in [5, 5.41) is 5.13. The second-order valence-corrected chi connectivity index (χ2v) is 4.50. The zero-order valence-electron chi connectivity index (χ0n) is 12.8. The summed E-state index contributed by atoms with van der Waals surface area (Å²) in [6.45, 7) is 3.61. The lowest BCUT2D eigenvalue weighted by Gasteiger charge is -2.14. The molecule has 2 amide bonds. The molecule has 0 aliphatic rings. The molecule has 22 heavy (non-hydrogen) atoms. The van der Waals surface area contributed by atoms with E-state index in [1.54, 1.807) is 26.0 Å². The average molecular weight is 308 g/mol. The van der Waals surface area contributed by atoms with Crippen molar-refractivity contribution in [2.45, 2.75) is 19.9 Å². The number of carbonyl (C=O) groups excluding carboxylic acids is 3. The van der Waals surface area contributed by atoms with Gasteiger partial charge < -0.3 is 20.1 Å². The zero-order chi connectivity index (χ0) is 16.5. The first-order chi connectivity index (χ1) is 10.5. The van der Waals surface area contributed by atoms with E-state index in [2.05, 4.69) is 10.6 Å². The number of hydrogen-bond acceptors (Lipinski definition) is 5. The van der Waals surface area contributed by atoms with E-state index in [1.165, 1.54) is 13.2 Å². The third-order valence-corrected chi connectivity index (χ3v) is 2.80. The van der Waals surface area contributed by atoms with E-state index in [4.69, 9.17) is 9.47 Å². The van der Waals surface area contributed by atoms with Crippen LogP contribution in [0, 0.1) is 0 Å². The first-order valence-electron chi connectivity index (χ1n) is 6.84. The Morgan fingerprint density at radius 1 is 1.32 bits per heavy atom. The van der Waals surface area contributed by atoms with Crippen molar-refractivity contribution in [3.8, 4) is 11.5 Å². The van der Waals surface area contributed by atoms with Crippen molar-refractivity contribution in [2.75, 3.05) is 20.3 Å². The number of rotatable bonds is 8. The number of hydrogen-bond donors (Lipinski definition) is 2. The van der Waals surface area contributed by atoms with Crippen LogP contribution in [-0.4, -0.2) is 44.4 Å². The Morgan fingerprint density at radius 3 is 2.64 bits per heavy atom. The summed E-state index contributed by atoms with van der Waals surface area (Å²) in [6.07, 6.45) is 0.688. The molecule has 0 aromatic heterocycles. The van der Waals surface area contributed by atoms with Crippen molar-refractivity contribution in [2.24, 2.45) is 0 Å². The van der Waals surface area contributed by atoms with Crippen LogP contribution in [0.15, 0.2) is 18.2 Å². The maximum absolute atomic E-state index is 11.7. The molecule has 1 rings (SSSR count). The summed E-state index contributed by atoms with van der Waals surface area (Å²) in [5.74, 6) is 0.00660. The van der Waals surface area contributed by atoms with E-state index in [9.17, 15) is 14.4 Å². The molecule has 0 radical (unpaired) electrons. The summed E-state index contributed by atoms with van der Waals surface area (Å²) in [7, 11) is 1.44. The van der Waals surface area contributed by atoms with Gasteiger partial charge in [0.2, 0.25) is 5.91 Å². The van der Waals surface area contributed by atoms with Crippen molar-refractivity contribution in [1.29, 1.82) is 0 Å². The molecule has 0 saturated carbocycles. The van der Waals surface area contributed by atoms with Crippen LogP contribution in [0.2, 0.25) is 0 Å². The predicted octanol–water partition coefficient (Wildman–Crippen LogP) is 0.527. The van der Waals surface area contributed by atoms with Gasteiger partial charge in [-0.05, 0) is 32.0 Å². The topological polar surface area (TPSA) is 93.7 Å². The smallest absolute Gasteiger partial charge is 0.258 e. The molecule has 0 fully saturated rings. The minimum Gasteiger partial charge on any atom is -0.493 e. The number of amides is 2. The second kappa shape index (κ2) is 8.66. The summed E-state index contributed by atoms with van der Waals surface area (Å²) in [6, 6.07) is 3.97. The molecule has 7 heteroatoms. The van der Waals surface area contributed by atoms with Gasteiger partial charge in [-0.1, -0.05) is 0 Å². The first kappa shape index (κ1) is 17.5. The monoisotopic (exact) mass is 308 g/mol. The number of ether oxygens (including phenoxy) is 2. The summed E-state index contributed by atoms with van der Waals surface area (Å²) in [5.41, 5.74) is 0.443. The number of benzene rings is 1. The number of methoxy groups -OCH3 is 1. The number of aldehydes is 1. The molecule has 0 spiro atoms. The normalized spacial score (nSPS) is 11.2. The Kier molecular flexibility index (Phi) is 6.88. The van der Waals surface area contributed by atoms with Crippen LogP contribution in [0.1, 0.15) is 24.2 Å². The van der Waals surface area contributed by atoms with E-state index in [0.717, 1.165) is 0 Å². The number of carbonyl (C=O) groups is 3. The fraction of sp³-hybridized carbons (Fsp3) is 0.400. The fourth-order valence-corrected chi connectivity index (χ4v) is 1.70. The van der Waals surface area contributed by atoms with E-state index >= 15 is 0 Å². The second-order valence-electron chi connectivity index (χ2n) is 4.50. The molecule has 0 aliphatic carbocycles. The van der Waals surface area contributed by atoms with Crippen molar-refractivity contribution in [1.82, 2.24) is 10.6 Å². The Morgan fingerprint density at radius 2 is 2.05 bits per heavy atom. The van der Waals surface area contributed by atoms with E-state index in [1.807, 2.05) is 0 Å². The highest BCUT2D eigenvalue weighted by Crippen LogP contribution is 2.27. The van der Waals surface area contributed by atoms with Crippen molar-refractivity contribution in [3.05, 3.63) is 23.8 Å². The van der Waals surface area contributed by atoms with Gasteiger partial charge in [-0.3, -0.25) is 14.4 Å². The van der Waals surface area contributed by atoms with Gasteiger partial charge in [0.05, 0.1) is 7.11 Å². The van der Waals surface area contributed by atoms with Gasteiger partial charge >= 0.3 is 0 Å². The maximum atomic E-state index is 11.7. The Labute approximate surface area is 129 Å². The first-order valence-corrected chi connectivity index (χ1v) is 6.84. The Bertz CT molecular complexity index is 545. The highest BCUT2D eigenvalue weighted by Gasteiger charge is 2.15. The SMILES string of the molecule is CCNC(=O)[C@@H](C)NC(=O)COc1ccc(C=O)cc1OC. The molecule has 1 aromatic rings. The highest BCUT2D eigenvalue weighted by atomic mass is 16.5. The molecule has 120 valence electrons. The van der Waals surface area contributed by atoms with Crippen LogP contribution in [-0.2, 0) is 9.59 Å². The number of likely N-dealkylation sites (N-methyl/N-ethyl adjacent to an activating group) is 1. The molecule has 0 aliphatic heterocycles. The summed E-state index contributed by atoms with van der Waals surface area (Å²) in [4.78, 5) is 33.9. The standard InChI is InChI=1S/C15H20N2O5/c1-4-16-15(20)10(2)17-14(19)9-22-12-6-5-11(8-18)7-13(12)21-3/h5-8,10H,4,9H2,1-3H3,(H,16,20)(H,17,19)/t10-/m1/s1. The molecule has 0 unspecified atom stereocenters. The van der Waals surface area contributed by atoms with Gasteiger partial charge in [-0.2, -0.15) is 0 Å². The molecule has 0 heterocycles. The summed E-state index contributed by atoms with van der Waals surface area (Å²) < 4.78 is 10.4. The lowest BCUT2D eigenvalue weighted by Crippen LogP contribution is -2.46. The van der Waals surface area contributed by atoms with Crippen LogP contribution in [0.3, 0.4) is 0 Å². The van der Waals surface area contributed by atoms with E-state index in [-0.39, 0.29) is 12.5 Å². The zero-order valence-corrected chi connectivity index (χ0v) is 12.8. The van der Waals surface area contributed by atoms with Gasteiger partial charge in [0.15, 0.2) is 18.1 Å². The Balaban J connectivity index is 2.57. The van der Waals surface area contributed by atoms with E-state index in [0.29, 0.717) is 29.9 Å². The Hall–Kier alpha value is -2.57. The fourth-order valence-electron chi connectivity index (χ4n) is 1.70. The van der Waals surface area contributed by atoms with Crippen molar-refractivity contribution in [3.63, 3.8) is 0 Å². The van der Waals surface area contributed by atoms with E-state index < -0.39 is 11.9 Å². The van der Waals surface area contributed by atoms with Crippen LogP contribution in [0.5, 0.6) is 11.5 Å². The van der Waals surface area contributed by atoms with Crippen LogP contribution in [0.4, 0.5) is 0 Å². The largest absolute Gasteiger partial charge is 0.493 e. The van der Waals surface area contributed by atoms with Crippen molar-refractivity contribution >= 4 is 18.1 Å². The average Bonchev–Trinajstić information content (AvgIpc) is 2.52. The molecule has 2 N–H and O–H groups in total. The predicted molar refractivity (Wildman–Crippen MR) is 80.2 cm³/mol. The van der Waals surface area contributed by atoms with Gasteiger partial charge in [0, 0.05) is 12.1 Å². The molecule has 1 atom stereocenters. The van der Waals surface area contributed by atoms with Crippen LogP contribution < -0.4 is 20.1 Å². The maximum Gasteiger partial charge on any atom is 0.258 e. The lowest BCUT2D eigenvalue weighted by atomic mass is 10.2. The third kappa shape index (κ3) is 5.08. The molecule has 0 bridgehead atoms. The molecule has 1 aromatic carbocycles. The molecular weight excluding hydrogens is 288 g/mol. The molecular formula is C15H20N2O5. The quantitative estimate of drug-likeness (QED) is 0.683. The number of nitrogens with one attached hydrogen (secondary N) is 2. The minimum atomic E-state index is -0.643. The van der Waals surface area contributed by atoms with Crippen molar-refractivity contribution < 1.29 is 23.9 Å². The van der Waals surface area contributed by atoms with Gasteiger partial charge in [-0.25, -0.2) is 0 Å². The van der Waals surface area contributed by atoms with Crippen LogP contribution in [0.25, 0.3) is 0 Å². The van der Waals surface area contributed by atoms with Crippen LogP contribution >= 0.6 is 0 Å². The molecule has 0 saturated heterocycles. The third-order valence-electron chi connectivity index (χ3n) is 2.80. The van der Waals surface area contributed by atoms with Gasteiger partial charge in [0.1, 0.15) is 12.3 Å². The van der Waals surface area contributed by atoms with Gasteiger partial charge in [-0.15, -0.1) is 0 Å². The molecule has 7 nitrogen and oxygen atoms in total. The minimum absolute atomic E-state index is 0.260. The van der Waals surface area contributed by atoms with Gasteiger partial charge in [0.25, 0.3) is 5.91 Å². The summed E-state index contributed by atoms with van der Waals surface area (Å²) >= 11 is 0. The highest BCUT2D eigenvalue weighted by molar-refractivity contribution is 5.87. The lowest BCUT2D eigenvalue weighted by molar-refractivity contribution is -0.129.